The first kappa shape index (κ1) is 35.5. The first-order valence-electron chi connectivity index (χ1n) is 17.2. The average molecular weight is 671 g/mol. The van der Waals surface area contributed by atoms with E-state index in [9.17, 15) is 9.59 Å². The molecule has 0 aliphatic carbocycles. The highest BCUT2D eigenvalue weighted by molar-refractivity contribution is 5.89. The van der Waals surface area contributed by atoms with Gasteiger partial charge in [-0.05, 0) is 87.4 Å². The number of rotatable bonds is 13. The van der Waals surface area contributed by atoms with Crippen molar-refractivity contribution in [3.05, 3.63) is 82.3 Å². The van der Waals surface area contributed by atoms with Crippen LogP contribution in [0.4, 0.5) is 16.6 Å². The Labute approximate surface area is 289 Å². The third-order valence-electron chi connectivity index (χ3n) is 8.70. The van der Waals surface area contributed by atoms with E-state index in [1.807, 2.05) is 81.6 Å². The number of amides is 1. The van der Waals surface area contributed by atoms with Gasteiger partial charge in [0.1, 0.15) is 28.3 Å². The van der Waals surface area contributed by atoms with Gasteiger partial charge in [-0.3, -0.25) is 4.79 Å². The summed E-state index contributed by atoms with van der Waals surface area (Å²) in [6, 6.07) is 17.9. The topological polar surface area (TPSA) is 111 Å². The Hall–Kier alpha value is -4.80. The van der Waals surface area contributed by atoms with E-state index >= 15 is 0 Å². The van der Waals surface area contributed by atoms with Crippen LogP contribution in [0.25, 0.3) is 10.9 Å². The number of likely N-dealkylation sites (tertiary alicyclic amines) is 1. The molecule has 5 rings (SSSR count). The van der Waals surface area contributed by atoms with Crippen LogP contribution in [0.5, 0.6) is 11.5 Å². The van der Waals surface area contributed by atoms with Crippen LogP contribution in [-0.2, 0) is 24.4 Å². The van der Waals surface area contributed by atoms with E-state index in [1.165, 1.54) is 0 Å². The standard InChI is InChI=1S/C38H50N6O5/c1-7-8-20-39-34-33-32(19-23-43(35(33)45)24-29-17-21-42(22-18-29)37(46)49-38(2,3)4)40-36(41-34)44(25-27-9-13-30(47-5)14-10-27)26-28-11-15-31(48-6)16-12-28/h9-16,19,23,29H,7-8,17-18,20-22,24-26H2,1-6H3,(H,39,40,41). The number of carbonyl (C=O) groups is 1. The van der Waals surface area contributed by atoms with E-state index in [-0.39, 0.29) is 17.6 Å². The molecule has 4 aromatic rings. The maximum absolute atomic E-state index is 14.1. The number of pyridine rings is 1. The second-order valence-electron chi connectivity index (χ2n) is 13.6. The summed E-state index contributed by atoms with van der Waals surface area (Å²) < 4.78 is 18.1. The SMILES string of the molecule is CCCCNc1nc(N(Cc2ccc(OC)cc2)Cc2ccc(OC)cc2)nc2ccn(CC3CCN(C(=O)OC(C)(C)C)CC3)c(=O)c12. The summed E-state index contributed by atoms with van der Waals surface area (Å²) in [7, 11) is 3.31. The molecule has 1 saturated heterocycles. The first-order valence-corrected chi connectivity index (χ1v) is 17.2. The Bertz CT molecular complexity index is 1690. The predicted molar refractivity (Wildman–Crippen MR) is 194 cm³/mol. The number of nitrogens with zero attached hydrogens (tertiary/aromatic N) is 5. The molecule has 11 heteroatoms. The number of carbonyl (C=O) groups excluding carboxylic acids is 1. The lowest BCUT2D eigenvalue weighted by molar-refractivity contribution is 0.0178. The van der Waals surface area contributed by atoms with Crippen LogP contribution < -0.4 is 25.2 Å². The van der Waals surface area contributed by atoms with Crippen LogP contribution in [0.3, 0.4) is 0 Å². The number of hydrogen-bond acceptors (Lipinski definition) is 9. The van der Waals surface area contributed by atoms with Crippen molar-refractivity contribution in [1.82, 2.24) is 19.4 Å². The first-order chi connectivity index (χ1) is 23.6. The number of nitrogens with one attached hydrogen (secondary N) is 1. The van der Waals surface area contributed by atoms with Crippen molar-refractivity contribution < 1.29 is 19.0 Å². The summed E-state index contributed by atoms with van der Waals surface area (Å²) in [5, 5.41) is 3.96. The summed E-state index contributed by atoms with van der Waals surface area (Å²) in [4.78, 5) is 40.6. The minimum Gasteiger partial charge on any atom is -0.497 e. The molecule has 0 radical (unpaired) electrons. The maximum atomic E-state index is 14.1. The maximum Gasteiger partial charge on any atom is 0.410 e. The molecule has 2 aromatic heterocycles. The lowest BCUT2D eigenvalue weighted by atomic mass is 9.97. The molecule has 0 spiro atoms. The largest absolute Gasteiger partial charge is 0.497 e. The van der Waals surface area contributed by atoms with E-state index in [0.29, 0.717) is 61.9 Å². The highest BCUT2D eigenvalue weighted by Gasteiger charge is 2.27. The lowest BCUT2D eigenvalue weighted by Gasteiger charge is -2.33. The number of ether oxygens (including phenoxy) is 3. The van der Waals surface area contributed by atoms with Crippen molar-refractivity contribution >= 4 is 28.8 Å². The fourth-order valence-corrected chi connectivity index (χ4v) is 5.97. The molecule has 262 valence electrons. The monoisotopic (exact) mass is 670 g/mol. The number of aromatic nitrogens is 3. The van der Waals surface area contributed by atoms with Crippen molar-refractivity contribution in [2.24, 2.45) is 5.92 Å². The second kappa shape index (κ2) is 16.1. The fourth-order valence-electron chi connectivity index (χ4n) is 5.97. The number of benzene rings is 2. The van der Waals surface area contributed by atoms with Gasteiger partial charge < -0.3 is 33.9 Å². The van der Waals surface area contributed by atoms with Gasteiger partial charge in [0.05, 0.1) is 19.7 Å². The van der Waals surface area contributed by atoms with Gasteiger partial charge in [-0.15, -0.1) is 0 Å². The van der Waals surface area contributed by atoms with Crippen molar-refractivity contribution in [2.45, 2.75) is 78.6 Å². The normalized spacial score (nSPS) is 13.7. The average Bonchev–Trinajstić information content (AvgIpc) is 3.09. The molecule has 1 aliphatic rings. The van der Waals surface area contributed by atoms with Gasteiger partial charge >= 0.3 is 6.09 Å². The molecule has 1 fully saturated rings. The van der Waals surface area contributed by atoms with Crippen molar-refractivity contribution in [3.63, 3.8) is 0 Å². The number of hydrogen-bond donors (Lipinski definition) is 1. The Morgan fingerprint density at radius 2 is 1.51 bits per heavy atom. The molecule has 2 aromatic carbocycles. The molecule has 0 saturated carbocycles. The summed E-state index contributed by atoms with van der Waals surface area (Å²) >= 11 is 0. The van der Waals surface area contributed by atoms with Gasteiger partial charge in [0.2, 0.25) is 5.95 Å². The van der Waals surface area contributed by atoms with Crippen molar-refractivity contribution in [2.75, 3.05) is 44.1 Å². The Balaban J connectivity index is 1.44. The van der Waals surface area contributed by atoms with Crippen LogP contribution in [0, 0.1) is 5.92 Å². The van der Waals surface area contributed by atoms with Gasteiger partial charge in [-0.2, -0.15) is 4.98 Å². The third kappa shape index (κ3) is 9.43. The Morgan fingerprint density at radius 3 is 2.04 bits per heavy atom. The zero-order chi connectivity index (χ0) is 35.0. The number of anilines is 2. The van der Waals surface area contributed by atoms with E-state index in [1.54, 1.807) is 23.7 Å². The van der Waals surface area contributed by atoms with Crippen LogP contribution in [-0.4, -0.2) is 65.0 Å². The molecular formula is C38H50N6O5. The van der Waals surface area contributed by atoms with Gasteiger partial charge in [-0.25, -0.2) is 9.78 Å². The molecule has 1 aliphatic heterocycles. The Kier molecular flexibility index (Phi) is 11.6. The summed E-state index contributed by atoms with van der Waals surface area (Å²) in [5.41, 5.74) is 2.10. The van der Waals surface area contributed by atoms with E-state index in [4.69, 9.17) is 24.2 Å². The summed E-state index contributed by atoms with van der Waals surface area (Å²) in [6.07, 6.45) is 5.11. The van der Waals surface area contributed by atoms with E-state index < -0.39 is 5.60 Å². The molecule has 1 amide bonds. The fraction of sp³-hybridized carbons (Fsp3) is 0.474. The number of unbranched alkanes of at least 4 members (excludes halogenated alkanes) is 1. The highest BCUT2D eigenvalue weighted by atomic mass is 16.6. The molecule has 1 N–H and O–H groups in total. The molecular weight excluding hydrogens is 620 g/mol. The molecule has 11 nitrogen and oxygen atoms in total. The van der Waals surface area contributed by atoms with Gasteiger partial charge in [0.15, 0.2) is 0 Å². The lowest BCUT2D eigenvalue weighted by Crippen LogP contribution is -2.42. The van der Waals surface area contributed by atoms with Crippen molar-refractivity contribution in [3.8, 4) is 11.5 Å². The number of methoxy groups -OCH3 is 2. The molecule has 0 atom stereocenters. The quantitative estimate of drug-likeness (QED) is 0.152. The van der Waals surface area contributed by atoms with Crippen LogP contribution in [0.15, 0.2) is 65.6 Å². The van der Waals surface area contributed by atoms with E-state index in [0.717, 1.165) is 48.3 Å². The van der Waals surface area contributed by atoms with Crippen LogP contribution >= 0.6 is 0 Å². The zero-order valence-corrected chi connectivity index (χ0v) is 29.7. The van der Waals surface area contributed by atoms with E-state index in [2.05, 4.69) is 17.1 Å². The number of piperidine rings is 1. The molecule has 0 bridgehead atoms. The Morgan fingerprint density at radius 1 is 0.918 bits per heavy atom. The minimum atomic E-state index is -0.528. The van der Waals surface area contributed by atoms with Crippen molar-refractivity contribution in [1.29, 1.82) is 0 Å². The minimum absolute atomic E-state index is 0.116. The van der Waals surface area contributed by atoms with Gasteiger partial charge in [0, 0.05) is 45.5 Å². The van der Waals surface area contributed by atoms with Crippen LogP contribution in [0.1, 0.15) is 64.5 Å². The molecule has 49 heavy (non-hydrogen) atoms. The highest BCUT2D eigenvalue weighted by Crippen LogP contribution is 2.26. The third-order valence-corrected chi connectivity index (χ3v) is 8.70. The predicted octanol–water partition coefficient (Wildman–Crippen LogP) is 6.87. The number of fused-ring (bicyclic) bond motifs is 1. The summed E-state index contributed by atoms with van der Waals surface area (Å²) in [6.45, 7) is 11.3. The van der Waals surface area contributed by atoms with Gasteiger partial charge in [-0.1, -0.05) is 37.6 Å². The smallest absolute Gasteiger partial charge is 0.410 e. The van der Waals surface area contributed by atoms with Crippen LogP contribution in [0.2, 0.25) is 0 Å². The molecule has 0 unspecified atom stereocenters. The van der Waals surface area contributed by atoms with Gasteiger partial charge in [0.25, 0.3) is 5.56 Å². The zero-order valence-electron chi connectivity index (χ0n) is 29.7. The summed E-state index contributed by atoms with van der Waals surface area (Å²) in [5.74, 6) is 2.92. The second-order valence-corrected chi connectivity index (χ2v) is 13.6. The molecule has 3 heterocycles.